The highest BCUT2D eigenvalue weighted by Gasteiger charge is 2.51. The first kappa shape index (κ1) is 59.8. The Kier molecular flexibility index (Phi) is 37.3. The van der Waals surface area contributed by atoms with Crippen molar-refractivity contribution in [1.29, 1.82) is 0 Å². The molecule has 1 aliphatic carbocycles. The van der Waals surface area contributed by atoms with E-state index < -0.39 is 75.7 Å². The minimum absolute atomic E-state index is 0.0933. The van der Waals surface area contributed by atoms with Gasteiger partial charge in [-0.25, -0.2) is 4.57 Å². The lowest BCUT2D eigenvalue weighted by Gasteiger charge is -2.41. The first-order valence-corrected chi connectivity index (χ1v) is 26.5. The van der Waals surface area contributed by atoms with Gasteiger partial charge in [0.2, 0.25) is 0 Å². The number of carbonyl (C=O) groups is 2. The second-order valence-electron chi connectivity index (χ2n) is 17.4. The molecular formula is C50H89O13P. The minimum atomic E-state index is -5.13. The van der Waals surface area contributed by atoms with Crippen molar-refractivity contribution >= 4 is 19.8 Å². The quantitative estimate of drug-likeness (QED) is 0.0146. The van der Waals surface area contributed by atoms with Gasteiger partial charge in [-0.15, -0.1) is 0 Å². The Morgan fingerprint density at radius 3 is 1.36 bits per heavy atom. The lowest BCUT2D eigenvalue weighted by atomic mass is 9.85. The molecule has 64 heavy (non-hydrogen) atoms. The highest BCUT2D eigenvalue weighted by atomic mass is 31.2. The van der Waals surface area contributed by atoms with Crippen molar-refractivity contribution in [2.75, 3.05) is 13.2 Å². The molecule has 0 amide bonds. The molecule has 6 N–H and O–H groups in total. The van der Waals surface area contributed by atoms with Gasteiger partial charge in [0.15, 0.2) is 6.10 Å². The second-order valence-corrected chi connectivity index (χ2v) is 18.8. The summed E-state index contributed by atoms with van der Waals surface area (Å²) in [6.45, 7) is 3.16. The molecule has 0 aromatic rings. The number of esters is 2. The van der Waals surface area contributed by atoms with Crippen LogP contribution < -0.4 is 0 Å². The fourth-order valence-corrected chi connectivity index (χ4v) is 8.51. The third-order valence-corrected chi connectivity index (χ3v) is 12.5. The summed E-state index contributed by atoms with van der Waals surface area (Å²) in [7, 11) is -5.13. The van der Waals surface area contributed by atoms with Gasteiger partial charge in [-0.05, 0) is 32.1 Å². The van der Waals surface area contributed by atoms with Crippen molar-refractivity contribution < 1.29 is 63.1 Å². The van der Waals surface area contributed by atoms with E-state index in [2.05, 4.69) is 26.0 Å². The number of allylic oxidation sites excluding steroid dienone is 8. The number of phosphoric ester groups is 1. The van der Waals surface area contributed by atoms with Crippen LogP contribution in [0.2, 0.25) is 0 Å². The highest BCUT2D eigenvalue weighted by molar-refractivity contribution is 7.47. The van der Waals surface area contributed by atoms with Crippen LogP contribution in [0, 0.1) is 0 Å². The van der Waals surface area contributed by atoms with Crippen LogP contribution in [-0.4, -0.2) is 98.3 Å². The zero-order valence-electron chi connectivity index (χ0n) is 39.6. The van der Waals surface area contributed by atoms with E-state index in [-0.39, 0.29) is 12.8 Å². The molecule has 13 nitrogen and oxygen atoms in total. The number of aliphatic hydroxyl groups excluding tert-OH is 5. The first-order valence-electron chi connectivity index (χ1n) is 25.0. The smallest absolute Gasteiger partial charge is 0.462 e. The summed E-state index contributed by atoms with van der Waals surface area (Å²) < 4.78 is 33.6. The Labute approximate surface area is 386 Å². The number of carbonyl (C=O) groups excluding carboxylic acids is 2. The third kappa shape index (κ3) is 31.7. The summed E-state index contributed by atoms with van der Waals surface area (Å²) in [6.07, 6.45) is 34.5. The number of aliphatic hydroxyl groups is 5. The maximum atomic E-state index is 12.8. The molecule has 0 heterocycles. The average Bonchev–Trinajstić information content (AvgIpc) is 3.28. The van der Waals surface area contributed by atoms with Crippen molar-refractivity contribution in [3.63, 3.8) is 0 Å². The lowest BCUT2D eigenvalue weighted by molar-refractivity contribution is -0.220. The molecule has 1 saturated carbocycles. The molecule has 6 unspecified atom stereocenters. The van der Waals surface area contributed by atoms with E-state index in [0.717, 1.165) is 64.2 Å². The van der Waals surface area contributed by atoms with Crippen LogP contribution in [0.5, 0.6) is 0 Å². The standard InChI is InChI=1S/C50H89O13P/c1-3-5-7-9-11-13-15-17-19-20-21-22-23-25-27-29-31-33-35-37-39-44(52)62-42(41-61-64(58,59)63-50-48(56)46(54)45(53)47(55)49(50)57)40-60-43(51)38-36-34-32-30-28-26-24-18-16-14-12-10-8-6-4-2/h6,8,10,12,14,16,18,24,42,45-50,53-57H,3-5,7,9,11,13,15,17,19-23,25-41H2,1-2H3,(H,58,59)/b8-6+,12-10+,16-14+,24-18+/t42-,45?,46-,47?,48?,49?,50?/m1/s1. The minimum Gasteiger partial charge on any atom is -0.462 e. The maximum absolute atomic E-state index is 12.8. The van der Waals surface area contributed by atoms with Gasteiger partial charge < -0.3 is 39.9 Å². The van der Waals surface area contributed by atoms with Crippen molar-refractivity contribution in [2.24, 2.45) is 0 Å². The van der Waals surface area contributed by atoms with Crippen molar-refractivity contribution in [3.8, 4) is 0 Å². The molecular weight excluding hydrogens is 840 g/mol. The number of hydrogen-bond donors (Lipinski definition) is 6. The summed E-state index contributed by atoms with van der Waals surface area (Å²) in [5, 5.41) is 50.2. The van der Waals surface area contributed by atoms with Crippen LogP contribution in [0.15, 0.2) is 48.6 Å². The zero-order valence-corrected chi connectivity index (χ0v) is 40.5. The summed E-state index contributed by atoms with van der Waals surface area (Å²) in [4.78, 5) is 35.8. The predicted octanol–water partition coefficient (Wildman–Crippen LogP) is 10.3. The Balaban J connectivity index is 2.41. The van der Waals surface area contributed by atoms with E-state index in [0.29, 0.717) is 12.8 Å². The topological polar surface area (TPSA) is 210 Å². The van der Waals surface area contributed by atoms with Gasteiger partial charge in [0, 0.05) is 12.8 Å². The summed E-state index contributed by atoms with van der Waals surface area (Å²) in [5.41, 5.74) is 0. The van der Waals surface area contributed by atoms with Crippen LogP contribution in [0.3, 0.4) is 0 Å². The van der Waals surface area contributed by atoms with Crippen LogP contribution in [0.4, 0.5) is 0 Å². The third-order valence-electron chi connectivity index (χ3n) is 11.5. The van der Waals surface area contributed by atoms with Crippen molar-refractivity contribution in [3.05, 3.63) is 48.6 Å². The molecule has 0 aromatic carbocycles. The number of phosphoric acid groups is 1. The molecule has 0 aromatic heterocycles. The monoisotopic (exact) mass is 929 g/mol. The van der Waals surface area contributed by atoms with Gasteiger partial charge in [-0.3, -0.25) is 18.6 Å². The van der Waals surface area contributed by atoms with Crippen LogP contribution >= 0.6 is 7.82 Å². The lowest BCUT2D eigenvalue weighted by Crippen LogP contribution is -2.64. The summed E-state index contributed by atoms with van der Waals surface area (Å²) >= 11 is 0. The van der Waals surface area contributed by atoms with Crippen molar-refractivity contribution in [2.45, 2.75) is 243 Å². The Morgan fingerprint density at radius 1 is 0.500 bits per heavy atom. The van der Waals surface area contributed by atoms with E-state index in [1.165, 1.54) is 96.3 Å². The Hall–Kier alpha value is -2.19. The SMILES string of the molecule is CC/C=C/C=C/C=C/C=C/CCCCCCCC(=O)OC[C@H](COP(=O)(O)OC1C(O)C(O)C(O)[C@@H](O)C1O)OC(=O)CCCCCCCCCCCCCCCCCCCCCC. The summed E-state index contributed by atoms with van der Waals surface area (Å²) in [6, 6.07) is 0. The van der Waals surface area contributed by atoms with Gasteiger partial charge in [0.25, 0.3) is 0 Å². The van der Waals surface area contributed by atoms with Crippen LogP contribution in [0.1, 0.15) is 200 Å². The molecule has 1 rings (SSSR count). The highest BCUT2D eigenvalue weighted by Crippen LogP contribution is 2.47. The normalized spacial score (nSPS) is 21.9. The zero-order chi connectivity index (χ0) is 47.1. The molecule has 0 spiro atoms. The van der Waals surface area contributed by atoms with E-state index in [9.17, 15) is 44.6 Å². The van der Waals surface area contributed by atoms with Gasteiger partial charge in [-0.2, -0.15) is 0 Å². The molecule has 372 valence electrons. The van der Waals surface area contributed by atoms with Gasteiger partial charge in [-0.1, -0.05) is 204 Å². The van der Waals surface area contributed by atoms with E-state index in [1.54, 1.807) is 0 Å². The fraction of sp³-hybridized carbons (Fsp3) is 0.800. The molecule has 14 heteroatoms. The molecule has 1 fully saturated rings. The van der Waals surface area contributed by atoms with E-state index in [1.807, 2.05) is 36.5 Å². The molecule has 0 aliphatic heterocycles. The molecule has 0 radical (unpaired) electrons. The van der Waals surface area contributed by atoms with Crippen molar-refractivity contribution in [1.82, 2.24) is 0 Å². The van der Waals surface area contributed by atoms with E-state index >= 15 is 0 Å². The Morgan fingerprint density at radius 2 is 0.891 bits per heavy atom. The van der Waals surface area contributed by atoms with Gasteiger partial charge in [0.1, 0.15) is 43.2 Å². The first-order chi connectivity index (χ1) is 30.9. The molecule has 0 bridgehead atoms. The Bertz CT molecular complexity index is 1300. The molecule has 1 aliphatic rings. The maximum Gasteiger partial charge on any atom is 0.472 e. The fourth-order valence-electron chi connectivity index (χ4n) is 7.53. The van der Waals surface area contributed by atoms with Crippen LogP contribution in [-0.2, 0) is 32.7 Å². The van der Waals surface area contributed by atoms with Gasteiger partial charge >= 0.3 is 19.8 Å². The van der Waals surface area contributed by atoms with E-state index in [4.69, 9.17) is 18.5 Å². The molecule has 8 atom stereocenters. The average molecular weight is 929 g/mol. The van der Waals surface area contributed by atoms with Crippen LogP contribution in [0.25, 0.3) is 0 Å². The molecule has 0 saturated heterocycles. The number of ether oxygens (including phenoxy) is 2. The predicted molar refractivity (Wildman–Crippen MR) is 253 cm³/mol. The largest absolute Gasteiger partial charge is 0.472 e. The second kappa shape index (κ2) is 39.9. The van der Waals surface area contributed by atoms with Gasteiger partial charge in [0.05, 0.1) is 6.61 Å². The number of hydrogen-bond acceptors (Lipinski definition) is 12. The number of rotatable bonds is 41. The summed E-state index contributed by atoms with van der Waals surface area (Å²) in [5.74, 6) is -1.12. The number of unbranched alkanes of at least 4 members (excludes halogenated alkanes) is 24.